The van der Waals surface area contributed by atoms with Gasteiger partial charge in [0.05, 0.1) is 12.2 Å². The number of pyridine rings is 1. The Balaban J connectivity index is 1.66. The summed E-state index contributed by atoms with van der Waals surface area (Å²) in [4.78, 5) is 14.9. The SMILES string of the molecule is O=C(O)c1cnccc1NCC1Cc2ccccc2O1. The molecule has 1 atom stereocenters. The molecule has 0 saturated carbocycles. The molecule has 102 valence electrons. The lowest BCUT2D eigenvalue weighted by molar-refractivity contribution is 0.0697. The molecule has 20 heavy (non-hydrogen) atoms. The van der Waals surface area contributed by atoms with E-state index in [4.69, 9.17) is 9.84 Å². The number of nitrogens with one attached hydrogen (secondary N) is 1. The molecule has 5 nitrogen and oxygen atoms in total. The highest BCUT2D eigenvalue weighted by molar-refractivity contribution is 5.93. The molecule has 2 aromatic rings. The van der Waals surface area contributed by atoms with Crippen LogP contribution >= 0.6 is 0 Å². The average Bonchev–Trinajstić information content (AvgIpc) is 2.88. The number of aromatic nitrogens is 1. The molecular weight excluding hydrogens is 256 g/mol. The molecule has 0 aliphatic carbocycles. The summed E-state index contributed by atoms with van der Waals surface area (Å²) in [6.07, 6.45) is 3.76. The van der Waals surface area contributed by atoms with Gasteiger partial charge in [0, 0.05) is 18.8 Å². The molecule has 0 bridgehead atoms. The first-order chi connectivity index (χ1) is 9.74. The van der Waals surface area contributed by atoms with Gasteiger partial charge < -0.3 is 15.2 Å². The number of carboxylic acids is 1. The van der Waals surface area contributed by atoms with Crippen LogP contribution < -0.4 is 10.1 Å². The van der Waals surface area contributed by atoms with Gasteiger partial charge in [-0.3, -0.25) is 4.98 Å². The fourth-order valence-electron chi connectivity index (χ4n) is 2.31. The topological polar surface area (TPSA) is 71.5 Å². The molecule has 3 rings (SSSR count). The van der Waals surface area contributed by atoms with Crippen molar-refractivity contribution in [1.29, 1.82) is 0 Å². The summed E-state index contributed by atoms with van der Waals surface area (Å²) < 4.78 is 5.80. The third-order valence-corrected chi connectivity index (χ3v) is 3.29. The van der Waals surface area contributed by atoms with E-state index in [2.05, 4.69) is 10.3 Å². The van der Waals surface area contributed by atoms with E-state index in [-0.39, 0.29) is 11.7 Å². The molecule has 0 fully saturated rings. The van der Waals surface area contributed by atoms with Crippen LogP contribution in [0.15, 0.2) is 42.7 Å². The van der Waals surface area contributed by atoms with E-state index in [9.17, 15) is 4.79 Å². The lowest BCUT2D eigenvalue weighted by Crippen LogP contribution is -2.24. The quantitative estimate of drug-likeness (QED) is 0.891. The van der Waals surface area contributed by atoms with Crippen molar-refractivity contribution in [3.63, 3.8) is 0 Å². The van der Waals surface area contributed by atoms with Crippen LogP contribution in [-0.4, -0.2) is 28.7 Å². The number of fused-ring (bicyclic) bond motifs is 1. The Morgan fingerprint density at radius 3 is 3.05 bits per heavy atom. The summed E-state index contributed by atoms with van der Waals surface area (Å²) in [6.45, 7) is 0.555. The number of hydrogen-bond acceptors (Lipinski definition) is 4. The summed E-state index contributed by atoms with van der Waals surface area (Å²) in [5.74, 6) is -0.0799. The molecule has 0 amide bonds. The van der Waals surface area contributed by atoms with E-state index < -0.39 is 5.97 Å². The Labute approximate surface area is 116 Å². The minimum Gasteiger partial charge on any atom is -0.488 e. The number of carboxylic acid groups (broad SMARTS) is 1. The standard InChI is InChI=1S/C15H14N2O3/c18-15(19)12-9-16-6-5-13(12)17-8-11-7-10-3-1-2-4-14(10)20-11/h1-6,9,11H,7-8H2,(H,16,17)(H,18,19). The van der Waals surface area contributed by atoms with Gasteiger partial charge in [0.2, 0.25) is 0 Å². The van der Waals surface area contributed by atoms with Crippen molar-refractivity contribution in [2.24, 2.45) is 0 Å². The van der Waals surface area contributed by atoms with Gasteiger partial charge in [-0.1, -0.05) is 18.2 Å². The van der Waals surface area contributed by atoms with E-state index in [1.54, 1.807) is 12.3 Å². The first-order valence-corrected chi connectivity index (χ1v) is 6.40. The molecule has 2 N–H and O–H groups in total. The molecule has 0 spiro atoms. The molecule has 1 aromatic carbocycles. The number of anilines is 1. The molecule has 2 heterocycles. The molecule has 5 heteroatoms. The highest BCUT2D eigenvalue weighted by atomic mass is 16.5. The number of ether oxygens (including phenoxy) is 1. The number of aromatic carboxylic acids is 1. The van der Waals surface area contributed by atoms with E-state index in [0.717, 1.165) is 12.2 Å². The molecule has 1 aliphatic rings. The van der Waals surface area contributed by atoms with Gasteiger partial charge in [-0.05, 0) is 17.7 Å². The number of rotatable bonds is 4. The van der Waals surface area contributed by atoms with Gasteiger partial charge in [0.1, 0.15) is 17.4 Å². The lowest BCUT2D eigenvalue weighted by atomic mass is 10.1. The third-order valence-electron chi connectivity index (χ3n) is 3.29. The third kappa shape index (κ3) is 2.42. The zero-order chi connectivity index (χ0) is 13.9. The largest absolute Gasteiger partial charge is 0.488 e. The van der Waals surface area contributed by atoms with E-state index in [1.807, 2.05) is 24.3 Å². The van der Waals surface area contributed by atoms with Crippen molar-refractivity contribution in [3.8, 4) is 5.75 Å². The first kappa shape index (κ1) is 12.5. The number of hydrogen-bond donors (Lipinski definition) is 2. The number of benzene rings is 1. The summed E-state index contributed by atoms with van der Waals surface area (Å²) in [5.41, 5.74) is 1.92. The molecule has 0 radical (unpaired) electrons. The first-order valence-electron chi connectivity index (χ1n) is 6.40. The highest BCUT2D eigenvalue weighted by Crippen LogP contribution is 2.28. The van der Waals surface area contributed by atoms with Crippen molar-refractivity contribution in [1.82, 2.24) is 4.98 Å². The summed E-state index contributed by atoms with van der Waals surface area (Å²) in [7, 11) is 0. The smallest absolute Gasteiger partial charge is 0.339 e. The van der Waals surface area contributed by atoms with Gasteiger partial charge >= 0.3 is 5.97 Å². The Morgan fingerprint density at radius 2 is 2.25 bits per heavy atom. The minimum atomic E-state index is -0.990. The highest BCUT2D eigenvalue weighted by Gasteiger charge is 2.22. The molecule has 1 unspecified atom stereocenters. The van der Waals surface area contributed by atoms with Crippen LogP contribution in [0, 0.1) is 0 Å². The van der Waals surface area contributed by atoms with E-state index in [0.29, 0.717) is 12.2 Å². The van der Waals surface area contributed by atoms with Gasteiger partial charge in [0.15, 0.2) is 0 Å². The Morgan fingerprint density at radius 1 is 1.40 bits per heavy atom. The van der Waals surface area contributed by atoms with E-state index in [1.165, 1.54) is 11.8 Å². The van der Waals surface area contributed by atoms with Crippen molar-refractivity contribution < 1.29 is 14.6 Å². The molecule has 1 aliphatic heterocycles. The Kier molecular flexibility index (Phi) is 3.25. The second kappa shape index (κ2) is 5.21. The average molecular weight is 270 g/mol. The van der Waals surface area contributed by atoms with Crippen LogP contribution in [0.4, 0.5) is 5.69 Å². The normalized spacial score (nSPS) is 16.3. The maximum absolute atomic E-state index is 11.1. The maximum atomic E-state index is 11.1. The van der Waals surface area contributed by atoms with Crippen molar-refractivity contribution >= 4 is 11.7 Å². The maximum Gasteiger partial charge on any atom is 0.339 e. The van der Waals surface area contributed by atoms with Gasteiger partial charge in [-0.25, -0.2) is 4.79 Å². The van der Waals surface area contributed by atoms with Crippen LogP contribution in [0.5, 0.6) is 5.75 Å². The number of nitrogens with zero attached hydrogens (tertiary/aromatic N) is 1. The summed E-state index contributed by atoms with van der Waals surface area (Å²) in [5, 5.41) is 12.2. The zero-order valence-electron chi connectivity index (χ0n) is 10.7. The number of carbonyl (C=O) groups is 1. The predicted octanol–water partition coefficient (Wildman–Crippen LogP) is 2.20. The second-order valence-electron chi connectivity index (χ2n) is 4.66. The van der Waals surface area contributed by atoms with Crippen molar-refractivity contribution in [2.75, 3.05) is 11.9 Å². The van der Waals surface area contributed by atoms with Gasteiger partial charge in [0.25, 0.3) is 0 Å². The Hall–Kier alpha value is -2.56. The molecular formula is C15H14N2O3. The van der Waals surface area contributed by atoms with Crippen LogP contribution in [-0.2, 0) is 6.42 Å². The molecule has 0 saturated heterocycles. The van der Waals surface area contributed by atoms with Crippen molar-refractivity contribution in [3.05, 3.63) is 53.9 Å². The monoisotopic (exact) mass is 270 g/mol. The van der Waals surface area contributed by atoms with E-state index >= 15 is 0 Å². The minimum absolute atomic E-state index is 0.0159. The van der Waals surface area contributed by atoms with Gasteiger partial charge in [-0.2, -0.15) is 0 Å². The van der Waals surface area contributed by atoms with Crippen LogP contribution in [0.2, 0.25) is 0 Å². The Bertz CT molecular complexity index is 618. The van der Waals surface area contributed by atoms with Crippen LogP contribution in [0.25, 0.3) is 0 Å². The second-order valence-corrected chi connectivity index (χ2v) is 4.66. The number of para-hydroxylation sites is 1. The summed E-state index contributed by atoms with van der Waals surface area (Å²) >= 11 is 0. The fourth-order valence-corrected chi connectivity index (χ4v) is 2.31. The van der Waals surface area contributed by atoms with Crippen LogP contribution in [0.3, 0.4) is 0 Å². The summed E-state index contributed by atoms with van der Waals surface area (Å²) in [6, 6.07) is 9.59. The van der Waals surface area contributed by atoms with Crippen molar-refractivity contribution in [2.45, 2.75) is 12.5 Å². The molecule has 1 aromatic heterocycles. The fraction of sp³-hybridized carbons (Fsp3) is 0.200. The predicted molar refractivity (Wildman–Crippen MR) is 74.2 cm³/mol. The van der Waals surface area contributed by atoms with Gasteiger partial charge in [-0.15, -0.1) is 0 Å². The van der Waals surface area contributed by atoms with Crippen LogP contribution in [0.1, 0.15) is 15.9 Å². The lowest BCUT2D eigenvalue weighted by Gasteiger charge is -2.14. The zero-order valence-corrected chi connectivity index (χ0v) is 10.7.